The van der Waals surface area contributed by atoms with E-state index >= 15 is 0 Å². The molecule has 1 amide bonds. The predicted molar refractivity (Wildman–Crippen MR) is 119 cm³/mol. The molecular weight excluding hydrogens is 487 g/mol. The van der Waals surface area contributed by atoms with Crippen LogP contribution in [0.3, 0.4) is 0 Å². The Morgan fingerprint density at radius 2 is 1.55 bits per heavy atom. The number of hydrogen-bond acceptors (Lipinski definition) is 6. The summed E-state index contributed by atoms with van der Waals surface area (Å²) in [5, 5.41) is 2.89. The second kappa shape index (κ2) is 15.2. The Morgan fingerprint density at radius 3 is 2.10 bits per heavy atom. The first-order valence-corrected chi connectivity index (χ1v) is 11.1. The molecule has 0 atom stereocenters. The van der Waals surface area contributed by atoms with Gasteiger partial charge in [-0.3, -0.25) is 19.3 Å². The van der Waals surface area contributed by atoms with Gasteiger partial charge in [-0.05, 0) is 73.4 Å². The molecular formula is C21H31IN2O5. The number of benzene rings is 1. The fourth-order valence-corrected chi connectivity index (χ4v) is 3.08. The first-order valence-electron chi connectivity index (χ1n) is 9.99. The smallest absolute Gasteiger partial charge is 0.320 e. The molecule has 0 saturated heterocycles. The molecule has 0 aliphatic heterocycles. The normalized spacial score (nSPS) is 10.6. The van der Waals surface area contributed by atoms with Gasteiger partial charge < -0.3 is 14.8 Å². The number of carbonyl (C=O) groups excluding carboxylic acids is 3. The number of halogens is 1. The van der Waals surface area contributed by atoms with E-state index in [-0.39, 0.29) is 30.9 Å². The fraction of sp³-hybridized carbons (Fsp3) is 0.571. The second-order valence-electron chi connectivity index (χ2n) is 6.50. The summed E-state index contributed by atoms with van der Waals surface area (Å²) in [7, 11) is 0. The largest absolute Gasteiger partial charge is 0.465 e. The highest BCUT2D eigenvalue weighted by atomic mass is 127. The number of amides is 1. The van der Waals surface area contributed by atoms with E-state index in [9.17, 15) is 14.4 Å². The highest BCUT2D eigenvalue weighted by Crippen LogP contribution is 2.09. The van der Waals surface area contributed by atoms with Gasteiger partial charge in [0.1, 0.15) is 0 Å². The molecule has 0 radical (unpaired) electrons. The number of nitrogens with one attached hydrogen (secondary N) is 1. The monoisotopic (exact) mass is 518 g/mol. The molecule has 1 rings (SSSR count). The summed E-state index contributed by atoms with van der Waals surface area (Å²) in [5.41, 5.74) is 1.23. The van der Waals surface area contributed by atoms with Gasteiger partial charge in [0.25, 0.3) is 0 Å². The molecule has 0 spiro atoms. The van der Waals surface area contributed by atoms with Crippen molar-refractivity contribution in [3.8, 4) is 0 Å². The maximum Gasteiger partial charge on any atom is 0.320 e. The summed E-state index contributed by atoms with van der Waals surface area (Å²) < 4.78 is 11.1. The van der Waals surface area contributed by atoms with Gasteiger partial charge in [0.2, 0.25) is 5.91 Å². The SMILES string of the molecule is CCOC(=O)CN(CCCNC(=O)CCCc1ccc(I)cc1)CC(=O)OCC. The first-order chi connectivity index (χ1) is 13.9. The van der Waals surface area contributed by atoms with Gasteiger partial charge in [0.05, 0.1) is 26.3 Å². The van der Waals surface area contributed by atoms with Crippen LogP contribution in [0.4, 0.5) is 0 Å². The average molecular weight is 518 g/mol. The van der Waals surface area contributed by atoms with Gasteiger partial charge in [0.15, 0.2) is 0 Å². The summed E-state index contributed by atoms with van der Waals surface area (Å²) in [4.78, 5) is 37.1. The third-order valence-electron chi connectivity index (χ3n) is 4.07. The standard InChI is InChI=1S/C21H31IN2O5/c1-3-28-20(26)15-24(16-21(27)29-4-2)14-6-13-23-19(25)8-5-7-17-9-11-18(22)12-10-17/h9-12H,3-8,13-16H2,1-2H3,(H,23,25). The van der Waals surface area contributed by atoms with E-state index in [1.807, 2.05) is 0 Å². The lowest BCUT2D eigenvalue weighted by molar-refractivity contribution is -0.148. The molecule has 0 aliphatic carbocycles. The van der Waals surface area contributed by atoms with Crippen molar-refractivity contribution in [2.45, 2.75) is 39.5 Å². The zero-order valence-corrected chi connectivity index (χ0v) is 19.4. The molecule has 7 nitrogen and oxygen atoms in total. The molecule has 0 bridgehead atoms. The zero-order chi connectivity index (χ0) is 21.5. The Labute approximate surface area is 186 Å². The van der Waals surface area contributed by atoms with Crippen LogP contribution in [0.2, 0.25) is 0 Å². The lowest BCUT2D eigenvalue weighted by Crippen LogP contribution is -2.38. The molecule has 0 saturated carbocycles. The average Bonchev–Trinajstić information content (AvgIpc) is 2.67. The summed E-state index contributed by atoms with van der Waals surface area (Å²) >= 11 is 2.27. The number of aryl methyl sites for hydroxylation is 1. The van der Waals surface area contributed by atoms with Crippen LogP contribution in [0, 0.1) is 3.57 Å². The van der Waals surface area contributed by atoms with Crippen LogP contribution >= 0.6 is 22.6 Å². The van der Waals surface area contributed by atoms with E-state index in [0.29, 0.717) is 39.1 Å². The topological polar surface area (TPSA) is 84.9 Å². The Bertz CT molecular complexity index is 616. The fourth-order valence-electron chi connectivity index (χ4n) is 2.72. The lowest BCUT2D eigenvalue weighted by Gasteiger charge is -2.20. The van der Waals surface area contributed by atoms with Crippen LogP contribution in [0.1, 0.15) is 38.7 Å². The van der Waals surface area contributed by atoms with Crippen molar-refractivity contribution < 1.29 is 23.9 Å². The Kier molecular flexibility index (Phi) is 13.3. The molecule has 1 N–H and O–H groups in total. The van der Waals surface area contributed by atoms with Crippen molar-refractivity contribution >= 4 is 40.4 Å². The second-order valence-corrected chi connectivity index (χ2v) is 7.75. The van der Waals surface area contributed by atoms with Crippen LogP contribution in [0.25, 0.3) is 0 Å². The van der Waals surface area contributed by atoms with E-state index in [1.165, 1.54) is 9.13 Å². The lowest BCUT2D eigenvalue weighted by atomic mass is 10.1. The molecule has 0 fully saturated rings. The molecule has 162 valence electrons. The number of carbonyl (C=O) groups is 3. The number of nitrogens with zero attached hydrogens (tertiary/aromatic N) is 1. The van der Waals surface area contributed by atoms with E-state index in [1.54, 1.807) is 18.7 Å². The quantitative estimate of drug-likeness (QED) is 0.232. The molecule has 0 heterocycles. The Morgan fingerprint density at radius 1 is 0.966 bits per heavy atom. The van der Waals surface area contributed by atoms with Gasteiger partial charge in [-0.1, -0.05) is 12.1 Å². The van der Waals surface area contributed by atoms with Crippen LogP contribution in [-0.2, 0) is 30.3 Å². The zero-order valence-electron chi connectivity index (χ0n) is 17.2. The van der Waals surface area contributed by atoms with Crippen molar-refractivity contribution in [3.05, 3.63) is 33.4 Å². The van der Waals surface area contributed by atoms with Crippen molar-refractivity contribution in [2.75, 3.05) is 39.4 Å². The van der Waals surface area contributed by atoms with Gasteiger partial charge in [-0.15, -0.1) is 0 Å². The Balaban J connectivity index is 2.27. The van der Waals surface area contributed by atoms with Gasteiger partial charge in [-0.25, -0.2) is 0 Å². The molecule has 8 heteroatoms. The summed E-state index contributed by atoms with van der Waals surface area (Å²) in [6, 6.07) is 8.30. The van der Waals surface area contributed by atoms with Crippen LogP contribution in [-0.4, -0.2) is 62.1 Å². The minimum absolute atomic E-state index is 0.0119. The predicted octanol–water partition coefficient (Wildman–Crippen LogP) is 2.55. The summed E-state index contributed by atoms with van der Waals surface area (Å²) in [6.45, 7) is 5.09. The maximum atomic E-state index is 12.0. The van der Waals surface area contributed by atoms with Crippen molar-refractivity contribution in [1.29, 1.82) is 0 Å². The molecule has 0 aliphatic rings. The van der Waals surface area contributed by atoms with Crippen molar-refractivity contribution in [3.63, 3.8) is 0 Å². The molecule has 1 aromatic carbocycles. The highest BCUT2D eigenvalue weighted by Gasteiger charge is 2.16. The summed E-state index contributed by atoms with van der Waals surface area (Å²) in [6.07, 6.45) is 2.77. The first kappa shape index (κ1) is 25.4. The molecule has 0 aromatic heterocycles. The van der Waals surface area contributed by atoms with Gasteiger partial charge >= 0.3 is 11.9 Å². The maximum absolute atomic E-state index is 12.0. The minimum atomic E-state index is -0.378. The summed E-state index contributed by atoms with van der Waals surface area (Å²) in [5.74, 6) is -0.745. The number of rotatable bonds is 14. The number of esters is 2. The van der Waals surface area contributed by atoms with E-state index in [2.05, 4.69) is 52.2 Å². The van der Waals surface area contributed by atoms with E-state index in [4.69, 9.17) is 9.47 Å². The van der Waals surface area contributed by atoms with Crippen LogP contribution < -0.4 is 5.32 Å². The van der Waals surface area contributed by atoms with Crippen LogP contribution in [0.15, 0.2) is 24.3 Å². The molecule has 1 aromatic rings. The molecule has 0 unspecified atom stereocenters. The third-order valence-corrected chi connectivity index (χ3v) is 4.79. The highest BCUT2D eigenvalue weighted by molar-refractivity contribution is 14.1. The Hall–Kier alpha value is -1.68. The van der Waals surface area contributed by atoms with E-state index in [0.717, 1.165) is 12.8 Å². The van der Waals surface area contributed by atoms with Gasteiger partial charge in [0, 0.05) is 23.1 Å². The minimum Gasteiger partial charge on any atom is -0.465 e. The number of hydrogen-bond donors (Lipinski definition) is 1. The van der Waals surface area contributed by atoms with Gasteiger partial charge in [-0.2, -0.15) is 0 Å². The third kappa shape index (κ3) is 12.5. The number of ether oxygens (including phenoxy) is 2. The van der Waals surface area contributed by atoms with E-state index < -0.39 is 0 Å². The van der Waals surface area contributed by atoms with Crippen molar-refractivity contribution in [2.24, 2.45) is 0 Å². The molecule has 29 heavy (non-hydrogen) atoms. The van der Waals surface area contributed by atoms with Crippen molar-refractivity contribution in [1.82, 2.24) is 10.2 Å². The van der Waals surface area contributed by atoms with Crippen LogP contribution in [0.5, 0.6) is 0 Å².